The van der Waals surface area contributed by atoms with Crippen molar-refractivity contribution >= 4 is 77.3 Å². The third-order valence-corrected chi connectivity index (χ3v) is 6.79. The van der Waals surface area contributed by atoms with Gasteiger partial charge in [-0.1, -0.05) is 11.6 Å². The van der Waals surface area contributed by atoms with Gasteiger partial charge >= 0.3 is 0 Å². The molecule has 9 heteroatoms. The molecule has 2 aromatic rings. The molecule has 0 radical (unpaired) electrons. The first kappa shape index (κ1) is 14.5. The molecule has 0 amide bonds. The molecule has 0 spiro atoms. The molecule has 0 unspecified atom stereocenters. The van der Waals surface area contributed by atoms with Crippen molar-refractivity contribution in [1.82, 2.24) is 4.98 Å². The van der Waals surface area contributed by atoms with Crippen LogP contribution in [-0.4, -0.2) is 13.4 Å². The number of sulfonamides is 1. The number of nitrogens with zero attached hydrogens (tertiary/aromatic N) is 1. The van der Waals surface area contributed by atoms with Crippen LogP contribution in [0, 0.1) is 3.57 Å². The van der Waals surface area contributed by atoms with Crippen LogP contribution in [0.3, 0.4) is 0 Å². The normalized spacial score (nSPS) is 11.5. The topological polar surface area (TPSA) is 59.1 Å². The fourth-order valence-corrected chi connectivity index (χ4v) is 4.81. The van der Waals surface area contributed by atoms with Gasteiger partial charge in [-0.05, 0) is 56.7 Å². The molecule has 2 aromatic heterocycles. The highest BCUT2D eigenvalue weighted by Gasteiger charge is 2.19. The second-order valence-corrected chi connectivity index (χ2v) is 9.09. The summed E-state index contributed by atoms with van der Waals surface area (Å²) < 4.78 is 28.1. The molecule has 0 saturated heterocycles. The molecule has 0 aromatic carbocycles. The van der Waals surface area contributed by atoms with Gasteiger partial charge in [0.15, 0.2) is 0 Å². The van der Waals surface area contributed by atoms with Gasteiger partial charge in [0.25, 0.3) is 10.0 Å². The van der Waals surface area contributed by atoms with Crippen LogP contribution in [0.1, 0.15) is 0 Å². The summed E-state index contributed by atoms with van der Waals surface area (Å²) in [5.74, 6) is 0.274. The average Bonchev–Trinajstić information content (AvgIpc) is 2.63. The van der Waals surface area contributed by atoms with Crippen LogP contribution in [0.2, 0.25) is 5.02 Å². The second-order valence-electron chi connectivity index (χ2n) is 3.15. The van der Waals surface area contributed by atoms with E-state index < -0.39 is 10.0 Å². The first-order chi connectivity index (χ1) is 8.38. The van der Waals surface area contributed by atoms with E-state index in [0.717, 1.165) is 14.9 Å². The van der Waals surface area contributed by atoms with E-state index in [1.54, 1.807) is 18.3 Å². The minimum Gasteiger partial charge on any atom is -0.263 e. The highest BCUT2D eigenvalue weighted by Crippen LogP contribution is 2.35. The van der Waals surface area contributed by atoms with Gasteiger partial charge in [0.05, 0.1) is 8.81 Å². The lowest BCUT2D eigenvalue weighted by atomic mass is 10.5. The largest absolute Gasteiger partial charge is 0.272 e. The average molecular weight is 480 g/mol. The highest BCUT2D eigenvalue weighted by molar-refractivity contribution is 14.1. The van der Waals surface area contributed by atoms with Crippen LogP contribution in [0.4, 0.5) is 5.82 Å². The maximum atomic E-state index is 12.0. The van der Waals surface area contributed by atoms with Gasteiger partial charge in [0.2, 0.25) is 0 Å². The number of nitrogens with one attached hydrogen (secondary N) is 1. The van der Waals surface area contributed by atoms with Crippen molar-refractivity contribution in [3.05, 3.63) is 36.8 Å². The zero-order chi connectivity index (χ0) is 13.3. The number of thiophene rings is 1. The summed E-state index contributed by atoms with van der Waals surface area (Å²) in [5.41, 5.74) is 0. The smallest absolute Gasteiger partial charge is 0.263 e. The Kier molecular flexibility index (Phi) is 4.52. The summed E-state index contributed by atoms with van der Waals surface area (Å²) in [4.78, 5) is 3.98. The molecular weight excluding hydrogens is 475 g/mol. The summed E-state index contributed by atoms with van der Waals surface area (Å²) in [6, 6.07) is 4.76. The SMILES string of the molecule is O=S(=O)(Nc1ccc(I)cn1)c1cc(Cl)c(Br)s1. The van der Waals surface area contributed by atoms with Crippen LogP contribution in [-0.2, 0) is 10.0 Å². The van der Waals surface area contributed by atoms with E-state index in [-0.39, 0.29) is 10.0 Å². The van der Waals surface area contributed by atoms with E-state index in [4.69, 9.17) is 11.6 Å². The molecule has 18 heavy (non-hydrogen) atoms. The van der Waals surface area contributed by atoms with Crippen molar-refractivity contribution in [3.63, 3.8) is 0 Å². The summed E-state index contributed by atoms with van der Waals surface area (Å²) in [6.45, 7) is 0. The summed E-state index contributed by atoms with van der Waals surface area (Å²) in [7, 11) is -3.64. The molecule has 2 heterocycles. The van der Waals surface area contributed by atoms with Gasteiger partial charge in [0, 0.05) is 9.77 Å². The fourth-order valence-electron chi connectivity index (χ4n) is 1.08. The van der Waals surface area contributed by atoms with Crippen LogP contribution in [0.25, 0.3) is 0 Å². The van der Waals surface area contributed by atoms with Crippen LogP contribution in [0.5, 0.6) is 0 Å². The number of aromatic nitrogens is 1. The van der Waals surface area contributed by atoms with E-state index >= 15 is 0 Å². The summed E-state index contributed by atoms with van der Waals surface area (Å²) in [6.07, 6.45) is 1.58. The highest BCUT2D eigenvalue weighted by atomic mass is 127. The van der Waals surface area contributed by atoms with Crippen molar-refractivity contribution in [3.8, 4) is 0 Å². The quantitative estimate of drug-likeness (QED) is 0.678. The molecule has 2 rings (SSSR count). The van der Waals surface area contributed by atoms with Crippen molar-refractivity contribution in [1.29, 1.82) is 0 Å². The Morgan fingerprint density at radius 1 is 1.44 bits per heavy atom. The van der Waals surface area contributed by atoms with Gasteiger partial charge in [0.1, 0.15) is 10.0 Å². The molecule has 0 atom stereocenters. The molecule has 0 aliphatic rings. The number of hydrogen-bond acceptors (Lipinski definition) is 4. The van der Waals surface area contributed by atoms with Gasteiger partial charge < -0.3 is 0 Å². The summed E-state index contributed by atoms with van der Waals surface area (Å²) in [5, 5.41) is 0.371. The lowest BCUT2D eigenvalue weighted by Gasteiger charge is -2.04. The zero-order valence-electron chi connectivity index (χ0n) is 8.52. The molecule has 0 aliphatic carbocycles. The van der Waals surface area contributed by atoms with Crippen molar-refractivity contribution in [2.75, 3.05) is 4.72 Å². The van der Waals surface area contributed by atoms with Gasteiger partial charge in [-0.2, -0.15) is 0 Å². The van der Waals surface area contributed by atoms with Crippen molar-refractivity contribution in [2.24, 2.45) is 0 Å². The molecule has 1 N–H and O–H groups in total. The van der Waals surface area contributed by atoms with E-state index in [1.165, 1.54) is 6.07 Å². The van der Waals surface area contributed by atoms with Crippen LogP contribution < -0.4 is 4.72 Å². The molecule has 0 aliphatic heterocycles. The van der Waals surface area contributed by atoms with Crippen molar-refractivity contribution < 1.29 is 8.42 Å². The minimum absolute atomic E-state index is 0.139. The predicted octanol–water partition coefficient (Wildman–Crippen LogP) is 3.96. The third kappa shape index (κ3) is 3.35. The zero-order valence-corrected chi connectivity index (χ0v) is 14.7. The van der Waals surface area contributed by atoms with Crippen LogP contribution in [0.15, 0.2) is 32.4 Å². The Bertz CT molecular complexity index is 653. The van der Waals surface area contributed by atoms with Gasteiger partial charge in [-0.15, -0.1) is 11.3 Å². The molecule has 0 fully saturated rings. The monoisotopic (exact) mass is 478 g/mol. The molecule has 0 bridgehead atoms. The minimum atomic E-state index is -3.64. The number of pyridine rings is 1. The Labute approximate surface area is 135 Å². The van der Waals surface area contributed by atoms with Gasteiger partial charge in [-0.25, -0.2) is 13.4 Å². The molecule has 96 valence electrons. The first-order valence-electron chi connectivity index (χ1n) is 4.48. The Morgan fingerprint density at radius 3 is 2.67 bits per heavy atom. The molecule has 0 saturated carbocycles. The fraction of sp³-hybridized carbons (Fsp3) is 0. The standard InChI is InChI=1S/C9H5BrClIN2O2S2/c10-9-6(11)3-8(17-9)18(15,16)14-7-2-1-5(12)4-13-7/h1-4H,(H,13,14). The summed E-state index contributed by atoms with van der Waals surface area (Å²) >= 11 is 12.1. The first-order valence-corrected chi connectivity index (χ1v) is 9.02. The predicted molar refractivity (Wildman–Crippen MR) is 84.8 cm³/mol. The van der Waals surface area contributed by atoms with E-state index in [0.29, 0.717) is 8.81 Å². The number of rotatable bonds is 3. The molecular formula is C9H5BrClIN2O2S2. The number of anilines is 1. The van der Waals surface area contributed by atoms with Crippen molar-refractivity contribution in [2.45, 2.75) is 4.21 Å². The Balaban J connectivity index is 2.29. The van der Waals surface area contributed by atoms with E-state index in [2.05, 4.69) is 48.2 Å². The number of halogens is 3. The Hall–Kier alpha value is 0.1000. The lowest BCUT2D eigenvalue weighted by Crippen LogP contribution is -2.12. The third-order valence-electron chi connectivity index (χ3n) is 1.85. The maximum absolute atomic E-state index is 12.0. The van der Waals surface area contributed by atoms with Crippen LogP contribution >= 0.6 is 61.5 Å². The van der Waals surface area contributed by atoms with Gasteiger partial charge in [-0.3, -0.25) is 4.72 Å². The number of hydrogen-bond donors (Lipinski definition) is 1. The second kappa shape index (κ2) is 5.61. The Morgan fingerprint density at radius 2 is 2.17 bits per heavy atom. The van der Waals surface area contributed by atoms with E-state index in [1.807, 2.05) is 0 Å². The molecule has 4 nitrogen and oxygen atoms in total. The van der Waals surface area contributed by atoms with E-state index in [9.17, 15) is 8.42 Å². The lowest BCUT2D eigenvalue weighted by molar-refractivity contribution is 0.603. The maximum Gasteiger partial charge on any atom is 0.272 e.